The van der Waals surface area contributed by atoms with Gasteiger partial charge in [-0.1, -0.05) is 6.07 Å². The number of Topliss-reactive ketones (excluding diaryl/α,β-unsaturated/α-hetero) is 1. The first kappa shape index (κ1) is 16.8. The Morgan fingerprint density at radius 1 is 1.31 bits per heavy atom. The van der Waals surface area contributed by atoms with Gasteiger partial charge in [0.1, 0.15) is 12.1 Å². The number of urea groups is 1. The maximum Gasteiger partial charge on any atom is 0.317 e. The molecule has 2 heterocycles. The number of carbonyl (C=O) groups is 2. The molecule has 0 bridgehead atoms. The van der Waals surface area contributed by atoms with Gasteiger partial charge in [0.2, 0.25) is 0 Å². The number of ketones is 1. The summed E-state index contributed by atoms with van der Waals surface area (Å²) in [5.41, 5.74) is 1.99. The number of hydrogen-bond donors (Lipinski definition) is 1. The van der Waals surface area contributed by atoms with E-state index in [-0.39, 0.29) is 23.0 Å². The van der Waals surface area contributed by atoms with Crippen LogP contribution in [0, 0.1) is 11.2 Å². The summed E-state index contributed by atoms with van der Waals surface area (Å²) in [6.07, 6.45) is 5.57. The fourth-order valence-electron chi connectivity index (χ4n) is 4.01. The van der Waals surface area contributed by atoms with Crippen LogP contribution < -0.4 is 5.32 Å². The first-order valence-electron chi connectivity index (χ1n) is 8.76. The number of fused-ring (bicyclic) bond motifs is 1. The second-order valence-electron chi connectivity index (χ2n) is 7.20. The van der Waals surface area contributed by atoms with Crippen molar-refractivity contribution >= 4 is 11.8 Å². The number of hydrogen-bond acceptors (Lipinski definition) is 4. The van der Waals surface area contributed by atoms with Crippen molar-refractivity contribution in [2.24, 2.45) is 5.41 Å². The molecule has 4 rings (SSSR count). The molecule has 1 aliphatic heterocycles. The van der Waals surface area contributed by atoms with Crippen LogP contribution in [0.2, 0.25) is 0 Å². The highest BCUT2D eigenvalue weighted by Crippen LogP contribution is 2.43. The Labute approximate surface area is 150 Å². The van der Waals surface area contributed by atoms with E-state index in [1.807, 2.05) is 0 Å². The fourth-order valence-corrected chi connectivity index (χ4v) is 4.01. The van der Waals surface area contributed by atoms with Crippen molar-refractivity contribution in [2.75, 3.05) is 13.1 Å². The maximum absolute atomic E-state index is 13.4. The summed E-state index contributed by atoms with van der Waals surface area (Å²) >= 11 is 0. The maximum atomic E-state index is 13.4. The number of nitrogens with one attached hydrogen (secondary N) is 1. The third-order valence-corrected chi connectivity index (χ3v) is 5.49. The molecule has 0 saturated carbocycles. The minimum Gasteiger partial charge on any atom is -0.451 e. The minimum atomic E-state index is -0.369. The van der Waals surface area contributed by atoms with Crippen LogP contribution in [0.4, 0.5) is 9.18 Å². The van der Waals surface area contributed by atoms with Gasteiger partial charge in [-0.2, -0.15) is 0 Å². The van der Waals surface area contributed by atoms with Gasteiger partial charge >= 0.3 is 6.03 Å². The fraction of sp³-hybridized carbons (Fsp3) is 0.421. The Morgan fingerprint density at radius 3 is 2.85 bits per heavy atom. The molecule has 2 aliphatic rings. The van der Waals surface area contributed by atoms with Crippen LogP contribution in [0.5, 0.6) is 0 Å². The molecular formula is C19H20FN3O3. The van der Waals surface area contributed by atoms with Crippen molar-refractivity contribution in [3.8, 4) is 0 Å². The summed E-state index contributed by atoms with van der Waals surface area (Å²) in [6, 6.07) is 4.35. The number of carbonyl (C=O) groups excluding carboxylic acids is 2. The van der Waals surface area contributed by atoms with Crippen molar-refractivity contribution in [2.45, 2.75) is 32.2 Å². The van der Waals surface area contributed by atoms with Crippen molar-refractivity contribution in [1.29, 1.82) is 0 Å². The van der Waals surface area contributed by atoms with Crippen molar-refractivity contribution < 1.29 is 18.4 Å². The average molecular weight is 357 g/mol. The quantitative estimate of drug-likeness (QED) is 0.897. The van der Waals surface area contributed by atoms with Gasteiger partial charge in [-0.3, -0.25) is 4.79 Å². The van der Waals surface area contributed by atoms with Gasteiger partial charge in [-0.25, -0.2) is 14.2 Å². The number of oxazole rings is 1. The molecule has 7 heteroatoms. The Kier molecular flexibility index (Phi) is 4.22. The van der Waals surface area contributed by atoms with Crippen LogP contribution in [0.1, 0.15) is 40.9 Å². The van der Waals surface area contributed by atoms with Crippen LogP contribution in [0.25, 0.3) is 0 Å². The highest BCUT2D eigenvalue weighted by Gasteiger charge is 2.41. The summed E-state index contributed by atoms with van der Waals surface area (Å²) in [4.78, 5) is 30.5. The Morgan fingerprint density at radius 2 is 2.12 bits per heavy atom. The molecule has 1 aliphatic carbocycles. The van der Waals surface area contributed by atoms with Crippen LogP contribution in [0.15, 0.2) is 35.3 Å². The SMILES string of the molecule is O=C1CC2(CCN(C(=O)NCc3cocn3)CC2)Cc2ccc(F)cc21. The molecule has 0 atom stereocenters. The molecule has 1 fully saturated rings. The summed E-state index contributed by atoms with van der Waals surface area (Å²) in [6.45, 7) is 1.54. The largest absolute Gasteiger partial charge is 0.451 e. The zero-order valence-electron chi connectivity index (χ0n) is 14.3. The topological polar surface area (TPSA) is 75.4 Å². The number of piperidine rings is 1. The Balaban J connectivity index is 1.38. The van der Waals surface area contributed by atoms with Gasteiger partial charge < -0.3 is 14.6 Å². The zero-order chi connectivity index (χ0) is 18.1. The van der Waals surface area contributed by atoms with E-state index in [1.54, 1.807) is 11.0 Å². The molecule has 1 aromatic heterocycles. The number of benzene rings is 1. The molecule has 136 valence electrons. The second kappa shape index (κ2) is 6.55. The monoisotopic (exact) mass is 357 g/mol. The van der Waals surface area contributed by atoms with Gasteiger partial charge in [0.05, 0.1) is 12.2 Å². The van der Waals surface area contributed by atoms with E-state index in [9.17, 15) is 14.0 Å². The normalized spacial score (nSPS) is 18.7. The molecule has 0 radical (unpaired) electrons. The van der Waals surface area contributed by atoms with Crippen molar-refractivity contribution in [3.05, 3.63) is 53.5 Å². The standard InChI is InChI=1S/C19H20FN3O3/c20-14-2-1-13-8-19(9-17(24)16(13)7-14)3-5-23(6-4-19)18(25)21-10-15-11-26-12-22-15/h1-2,7,11-12H,3-6,8-10H2,(H,21,25). The summed E-state index contributed by atoms with van der Waals surface area (Å²) < 4.78 is 18.3. The number of aromatic nitrogens is 1. The van der Waals surface area contributed by atoms with Gasteiger partial charge in [0.15, 0.2) is 12.2 Å². The number of rotatable bonds is 2. The Bertz CT molecular complexity index is 827. The Hall–Kier alpha value is -2.70. The lowest BCUT2D eigenvalue weighted by atomic mass is 9.66. The minimum absolute atomic E-state index is 0.00897. The van der Waals surface area contributed by atoms with E-state index in [4.69, 9.17) is 4.42 Å². The first-order chi connectivity index (χ1) is 12.5. The molecule has 1 aromatic carbocycles. The highest BCUT2D eigenvalue weighted by atomic mass is 19.1. The molecular weight excluding hydrogens is 337 g/mol. The number of halogens is 1. The van der Waals surface area contributed by atoms with Crippen LogP contribution in [0.3, 0.4) is 0 Å². The van der Waals surface area contributed by atoms with E-state index in [0.29, 0.717) is 37.3 Å². The summed E-state index contributed by atoms with van der Waals surface area (Å²) in [5.74, 6) is -0.360. The predicted octanol–water partition coefficient (Wildman–Crippen LogP) is 2.93. The third-order valence-electron chi connectivity index (χ3n) is 5.49. The molecule has 2 amide bonds. The molecule has 1 spiro atoms. The smallest absolute Gasteiger partial charge is 0.317 e. The summed E-state index contributed by atoms with van der Waals surface area (Å²) in [7, 11) is 0. The highest BCUT2D eigenvalue weighted by molar-refractivity contribution is 5.99. The molecule has 6 nitrogen and oxygen atoms in total. The van der Waals surface area contributed by atoms with E-state index in [0.717, 1.165) is 24.8 Å². The first-order valence-corrected chi connectivity index (χ1v) is 8.76. The lowest BCUT2D eigenvalue weighted by Crippen LogP contribution is -2.49. The molecule has 26 heavy (non-hydrogen) atoms. The third kappa shape index (κ3) is 3.21. The van der Waals surface area contributed by atoms with Crippen molar-refractivity contribution in [3.63, 3.8) is 0 Å². The van der Waals surface area contributed by atoms with Crippen LogP contribution in [-0.4, -0.2) is 34.8 Å². The van der Waals surface area contributed by atoms with Gasteiger partial charge in [0.25, 0.3) is 0 Å². The van der Waals surface area contributed by atoms with Gasteiger partial charge in [0, 0.05) is 25.1 Å². The van der Waals surface area contributed by atoms with E-state index in [2.05, 4.69) is 10.3 Å². The molecule has 1 saturated heterocycles. The molecule has 1 N–H and O–H groups in total. The molecule has 2 aromatic rings. The average Bonchev–Trinajstić information content (AvgIpc) is 3.15. The second-order valence-corrected chi connectivity index (χ2v) is 7.20. The van der Waals surface area contributed by atoms with Gasteiger partial charge in [-0.15, -0.1) is 0 Å². The lowest BCUT2D eigenvalue weighted by molar-refractivity contribution is 0.0735. The number of nitrogens with zero attached hydrogens (tertiary/aromatic N) is 2. The van der Waals surface area contributed by atoms with Gasteiger partial charge in [-0.05, 0) is 42.4 Å². The van der Waals surface area contributed by atoms with Crippen LogP contribution >= 0.6 is 0 Å². The predicted molar refractivity (Wildman–Crippen MR) is 91.0 cm³/mol. The van der Waals surface area contributed by atoms with E-state index in [1.165, 1.54) is 24.8 Å². The van der Waals surface area contributed by atoms with Crippen molar-refractivity contribution in [1.82, 2.24) is 15.2 Å². The zero-order valence-corrected chi connectivity index (χ0v) is 14.3. The van der Waals surface area contributed by atoms with E-state index < -0.39 is 0 Å². The van der Waals surface area contributed by atoms with Crippen LogP contribution in [-0.2, 0) is 13.0 Å². The van der Waals surface area contributed by atoms with E-state index >= 15 is 0 Å². The summed E-state index contributed by atoms with van der Waals surface area (Å²) in [5, 5.41) is 2.83. The lowest BCUT2D eigenvalue weighted by Gasteiger charge is -2.44. The number of likely N-dealkylation sites (tertiary alicyclic amines) is 1. The molecule has 0 unspecified atom stereocenters. The number of amides is 2.